The molecule has 15 heavy (non-hydrogen) atoms. The van der Waals surface area contributed by atoms with Gasteiger partial charge in [-0.3, -0.25) is 4.79 Å². The van der Waals surface area contributed by atoms with Gasteiger partial charge in [-0.1, -0.05) is 0 Å². The summed E-state index contributed by atoms with van der Waals surface area (Å²) in [6, 6.07) is 0.419. The minimum atomic E-state index is -0.191. The Bertz CT molecular complexity index is 403. The molecule has 1 fully saturated rings. The molecule has 0 atom stereocenters. The van der Waals surface area contributed by atoms with E-state index in [1.54, 1.807) is 0 Å². The zero-order valence-electron chi connectivity index (χ0n) is 8.11. The number of anilines is 1. The molecule has 1 aromatic heterocycles. The van der Waals surface area contributed by atoms with Crippen molar-refractivity contribution >= 4 is 21.7 Å². The molecule has 6 heteroatoms. The van der Waals surface area contributed by atoms with Crippen LogP contribution in [-0.4, -0.2) is 34.3 Å². The molecule has 0 spiro atoms. The molecule has 0 unspecified atom stereocenters. The number of H-pyrrole nitrogens is 1. The first-order valence-electron chi connectivity index (χ1n) is 4.84. The summed E-state index contributed by atoms with van der Waals surface area (Å²) >= 11 is 3.22. The monoisotopic (exact) mass is 273 g/mol. The Balaban J connectivity index is 2.32. The van der Waals surface area contributed by atoms with Crippen LogP contribution >= 0.6 is 15.9 Å². The van der Waals surface area contributed by atoms with Crippen LogP contribution in [0.25, 0.3) is 0 Å². The second-order valence-electron chi connectivity index (χ2n) is 3.52. The highest BCUT2D eigenvalue weighted by molar-refractivity contribution is 9.10. The number of rotatable bonds is 4. The SMILES string of the molecule is O=c1[nH]cnc(N(CCO)C2CC2)c1Br. The molecule has 1 heterocycles. The molecule has 2 rings (SSSR count). The minimum absolute atomic E-state index is 0.0669. The quantitative estimate of drug-likeness (QED) is 0.838. The van der Waals surface area contributed by atoms with E-state index in [-0.39, 0.29) is 12.2 Å². The number of hydrogen-bond donors (Lipinski definition) is 2. The number of halogens is 1. The summed E-state index contributed by atoms with van der Waals surface area (Å²) in [7, 11) is 0. The van der Waals surface area contributed by atoms with Gasteiger partial charge in [-0.15, -0.1) is 0 Å². The van der Waals surface area contributed by atoms with E-state index < -0.39 is 0 Å². The van der Waals surface area contributed by atoms with Crippen molar-refractivity contribution < 1.29 is 5.11 Å². The van der Waals surface area contributed by atoms with Crippen molar-refractivity contribution in [1.29, 1.82) is 0 Å². The van der Waals surface area contributed by atoms with Crippen LogP contribution in [0.5, 0.6) is 0 Å². The van der Waals surface area contributed by atoms with Crippen molar-refractivity contribution in [2.75, 3.05) is 18.1 Å². The summed E-state index contributed by atoms with van der Waals surface area (Å²) in [6.07, 6.45) is 3.58. The van der Waals surface area contributed by atoms with Gasteiger partial charge in [0.25, 0.3) is 5.56 Å². The topological polar surface area (TPSA) is 69.2 Å². The van der Waals surface area contributed by atoms with E-state index >= 15 is 0 Å². The number of nitrogens with zero attached hydrogens (tertiary/aromatic N) is 2. The fourth-order valence-electron chi connectivity index (χ4n) is 1.53. The molecule has 1 aromatic rings. The van der Waals surface area contributed by atoms with Crippen LogP contribution < -0.4 is 10.5 Å². The normalized spacial score (nSPS) is 15.3. The van der Waals surface area contributed by atoms with Gasteiger partial charge in [-0.2, -0.15) is 0 Å². The van der Waals surface area contributed by atoms with E-state index in [4.69, 9.17) is 5.11 Å². The van der Waals surface area contributed by atoms with E-state index in [1.165, 1.54) is 6.33 Å². The highest BCUT2D eigenvalue weighted by atomic mass is 79.9. The van der Waals surface area contributed by atoms with Crippen molar-refractivity contribution in [3.63, 3.8) is 0 Å². The average Bonchev–Trinajstić information content (AvgIpc) is 3.03. The number of aliphatic hydroxyl groups excluding tert-OH is 1. The fraction of sp³-hybridized carbons (Fsp3) is 0.556. The van der Waals surface area contributed by atoms with E-state index in [1.807, 2.05) is 4.90 Å². The molecular weight excluding hydrogens is 262 g/mol. The lowest BCUT2D eigenvalue weighted by Gasteiger charge is -2.22. The van der Waals surface area contributed by atoms with Gasteiger partial charge in [0, 0.05) is 12.6 Å². The van der Waals surface area contributed by atoms with E-state index in [0.29, 0.717) is 22.9 Å². The predicted octanol–water partition coefficient (Wildman–Crippen LogP) is 0.494. The first-order valence-corrected chi connectivity index (χ1v) is 5.64. The van der Waals surface area contributed by atoms with Crippen LogP contribution in [0.1, 0.15) is 12.8 Å². The maximum Gasteiger partial charge on any atom is 0.267 e. The zero-order chi connectivity index (χ0) is 10.8. The molecule has 82 valence electrons. The van der Waals surface area contributed by atoms with Gasteiger partial charge in [-0.05, 0) is 28.8 Å². The van der Waals surface area contributed by atoms with Crippen LogP contribution in [0.4, 0.5) is 5.82 Å². The Morgan fingerprint density at radius 3 is 3.00 bits per heavy atom. The molecule has 0 bridgehead atoms. The molecule has 0 saturated heterocycles. The number of aromatic amines is 1. The maximum atomic E-state index is 11.4. The zero-order valence-corrected chi connectivity index (χ0v) is 9.70. The van der Waals surface area contributed by atoms with Gasteiger partial charge < -0.3 is 15.0 Å². The second kappa shape index (κ2) is 4.32. The van der Waals surface area contributed by atoms with Crippen LogP contribution in [0, 0.1) is 0 Å². The lowest BCUT2D eigenvalue weighted by atomic mass is 10.4. The predicted molar refractivity (Wildman–Crippen MR) is 60.0 cm³/mol. The largest absolute Gasteiger partial charge is 0.395 e. The summed E-state index contributed by atoms with van der Waals surface area (Å²) in [5, 5.41) is 8.96. The van der Waals surface area contributed by atoms with E-state index in [9.17, 15) is 4.79 Å². The summed E-state index contributed by atoms with van der Waals surface area (Å²) in [5.74, 6) is 0.621. The highest BCUT2D eigenvalue weighted by Crippen LogP contribution is 2.32. The standard InChI is InChI=1S/C9H12BrN3O2/c10-7-8(11-5-12-9(7)15)13(3-4-14)6-1-2-6/h5-6,14H,1-4H2,(H,11,12,15). The van der Waals surface area contributed by atoms with Crippen LogP contribution in [0.2, 0.25) is 0 Å². The maximum absolute atomic E-state index is 11.4. The lowest BCUT2D eigenvalue weighted by molar-refractivity contribution is 0.301. The Hall–Kier alpha value is -0.880. The molecule has 0 aliphatic heterocycles. The first kappa shape index (κ1) is 10.6. The summed E-state index contributed by atoms with van der Waals surface area (Å²) < 4.78 is 0.436. The minimum Gasteiger partial charge on any atom is -0.395 e. The molecule has 5 nitrogen and oxygen atoms in total. The number of hydrogen-bond acceptors (Lipinski definition) is 4. The summed E-state index contributed by atoms with van der Waals surface area (Å²) in [6.45, 7) is 0.580. The Morgan fingerprint density at radius 1 is 1.67 bits per heavy atom. The Labute approximate surface area is 95.3 Å². The second-order valence-corrected chi connectivity index (χ2v) is 4.31. The van der Waals surface area contributed by atoms with Crippen molar-refractivity contribution in [3.8, 4) is 0 Å². The molecule has 1 aliphatic rings. The van der Waals surface area contributed by atoms with Crippen molar-refractivity contribution in [2.24, 2.45) is 0 Å². The molecule has 1 aliphatic carbocycles. The summed E-state index contributed by atoms with van der Waals surface area (Å²) in [4.78, 5) is 20.0. The van der Waals surface area contributed by atoms with Crippen LogP contribution in [0.3, 0.4) is 0 Å². The number of aliphatic hydroxyl groups is 1. The van der Waals surface area contributed by atoms with Crippen molar-refractivity contribution in [2.45, 2.75) is 18.9 Å². The molecular formula is C9H12BrN3O2. The molecule has 1 saturated carbocycles. The fourth-order valence-corrected chi connectivity index (χ4v) is 1.97. The average molecular weight is 274 g/mol. The van der Waals surface area contributed by atoms with Gasteiger partial charge in [0.1, 0.15) is 4.47 Å². The van der Waals surface area contributed by atoms with Gasteiger partial charge in [-0.25, -0.2) is 4.98 Å². The smallest absolute Gasteiger partial charge is 0.267 e. The third-order valence-electron chi connectivity index (χ3n) is 2.38. The lowest BCUT2D eigenvalue weighted by Crippen LogP contribution is -2.31. The first-order chi connectivity index (χ1) is 7.24. The van der Waals surface area contributed by atoms with Crippen molar-refractivity contribution in [1.82, 2.24) is 9.97 Å². The van der Waals surface area contributed by atoms with E-state index in [2.05, 4.69) is 25.9 Å². The third-order valence-corrected chi connectivity index (χ3v) is 3.09. The Morgan fingerprint density at radius 2 is 2.40 bits per heavy atom. The van der Waals surface area contributed by atoms with Gasteiger partial charge >= 0.3 is 0 Å². The molecule has 0 aromatic carbocycles. The third kappa shape index (κ3) is 2.21. The number of aromatic nitrogens is 2. The van der Waals surface area contributed by atoms with Crippen LogP contribution in [-0.2, 0) is 0 Å². The highest BCUT2D eigenvalue weighted by Gasteiger charge is 2.31. The van der Waals surface area contributed by atoms with Gasteiger partial charge in [0.15, 0.2) is 5.82 Å². The van der Waals surface area contributed by atoms with E-state index in [0.717, 1.165) is 12.8 Å². The van der Waals surface area contributed by atoms with Crippen molar-refractivity contribution in [3.05, 3.63) is 21.2 Å². The van der Waals surface area contributed by atoms with Crippen LogP contribution in [0.15, 0.2) is 15.6 Å². The van der Waals surface area contributed by atoms with Gasteiger partial charge in [0.05, 0.1) is 12.9 Å². The molecule has 2 N–H and O–H groups in total. The molecule has 0 radical (unpaired) electrons. The number of nitrogens with one attached hydrogen (secondary N) is 1. The molecule has 0 amide bonds. The van der Waals surface area contributed by atoms with Gasteiger partial charge in [0.2, 0.25) is 0 Å². The summed E-state index contributed by atoms with van der Waals surface area (Å²) in [5.41, 5.74) is -0.191. The Kier molecular flexibility index (Phi) is 3.06.